The molecule has 1 aromatic carbocycles. The van der Waals surface area contributed by atoms with Gasteiger partial charge >= 0.3 is 0 Å². The molecular weight excluding hydrogens is 369 g/mol. The van der Waals surface area contributed by atoms with E-state index < -0.39 is 17.3 Å². The van der Waals surface area contributed by atoms with E-state index in [9.17, 15) is 15.8 Å². The summed E-state index contributed by atoms with van der Waals surface area (Å²) in [6.45, 7) is 1.25. The monoisotopic (exact) mass is 383 g/mol. The molecule has 0 spiro atoms. The molecular formula is C19H15Cl2N5. The average Bonchev–Trinajstić information content (AvgIpc) is 2.63. The Balaban J connectivity index is 2.28. The molecule has 1 aliphatic heterocycles. The van der Waals surface area contributed by atoms with Crippen molar-refractivity contribution < 1.29 is 0 Å². The van der Waals surface area contributed by atoms with Crippen molar-refractivity contribution in [2.24, 2.45) is 17.3 Å². The summed E-state index contributed by atoms with van der Waals surface area (Å²) >= 11 is 12.2. The Hall–Kier alpha value is -2.36. The molecule has 0 amide bonds. The highest BCUT2D eigenvalue weighted by Crippen LogP contribution is 2.53. The number of nitrogens with one attached hydrogen (secondary N) is 1. The van der Waals surface area contributed by atoms with Crippen molar-refractivity contribution in [3.05, 3.63) is 45.5 Å². The van der Waals surface area contributed by atoms with Gasteiger partial charge in [0.05, 0.1) is 34.0 Å². The van der Waals surface area contributed by atoms with E-state index in [0.29, 0.717) is 28.7 Å². The maximum atomic E-state index is 9.92. The van der Waals surface area contributed by atoms with Gasteiger partial charge in [0.15, 0.2) is 5.41 Å². The van der Waals surface area contributed by atoms with Crippen LogP contribution >= 0.6 is 23.2 Å². The Kier molecular flexibility index (Phi) is 4.78. The lowest BCUT2D eigenvalue weighted by Gasteiger charge is -2.47. The lowest BCUT2D eigenvalue weighted by atomic mass is 9.54. The minimum atomic E-state index is -1.72. The van der Waals surface area contributed by atoms with Crippen LogP contribution in [0, 0.1) is 56.7 Å². The Labute approximate surface area is 162 Å². The number of hydrogen-bond acceptors (Lipinski definition) is 5. The van der Waals surface area contributed by atoms with Crippen LogP contribution in [0.5, 0.6) is 0 Å². The van der Waals surface area contributed by atoms with E-state index >= 15 is 0 Å². The van der Waals surface area contributed by atoms with E-state index in [0.717, 1.165) is 5.57 Å². The molecule has 5 nitrogen and oxygen atoms in total. The predicted molar refractivity (Wildman–Crippen MR) is 98.8 cm³/mol. The maximum Gasteiger partial charge on any atom is 0.189 e. The van der Waals surface area contributed by atoms with Gasteiger partial charge in [0.1, 0.15) is 5.92 Å². The van der Waals surface area contributed by atoms with Gasteiger partial charge in [-0.3, -0.25) is 0 Å². The fraction of sp³-hybridized carbons (Fsp3) is 0.368. The fourth-order valence-corrected chi connectivity index (χ4v) is 4.34. The van der Waals surface area contributed by atoms with Crippen molar-refractivity contribution in [2.45, 2.75) is 5.92 Å². The third-order valence-corrected chi connectivity index (χ3v) is 6.01. The van der Waals surface area contributed by atoms with Crippen LogP contribution in [0.4, 0.5) is 0 Å². The van der Waals surface area contributed by atoms with E-state index in [1.807, 2.05) is 13.1 Å². The van der Waals surface area contributed by atoms with Crippen molar-refractivity contribution >= 4 is 28.9 Å². The van der Waals surface area contributed by atoms with Crippen LogP contribution in [0.2, 0.25) is 10.0 Å². The Bertz CT molecular complexity index is 917. The summed E-state index contributed by atoms with van der Waals surface area (Å²) in [7, 11) is 1.95. The molecule has 0 bridgehead atoms. The number of likely N-dealkylation sites (N-methyl/N-ethyl adjacent to an activating group) is 1. The maximum absolute atomic E-state index is 9.92. The Morgan fingerprint density at radius 2 is 1.88 bits per heavy atom. The van der Waals surface area contributed by atoms with Gasteiger partial charge in [0.2, 0.25) is 0 Å². The summed E-state index contributed by atoms with van der Waals surface area (Å²) in [6, 6.07) is 11.3. The molecule has 0 saturated heterocycles. The van der Waals surface area contributed by atoms with Crippen LogP contribution < -0.4 is 0 Å². The molecule has 1 N–H and O–H groups in total. The normalized spacial score (nSPS) is 27.5. The van der Waals surface area contributed by atoms with E-state index in [1.165, 1.54) is 0 Å². The number of fused-ring (bicyclic) bond motifs is 1. The van der Waals surface area contributed by atoms with Gasteiger partial charge in [-0.25, -0.2) is 0 Å². The fourth-order valence-electron chi connectivity index (χ4n) is 4.03. The van der Waals surface area contributed by atoms with Crippen molar-refractivity contribution in [1.82, 2.24) is 4.90 Å². The molecule has 130 valence electrons. The molecule has 1 saturated carbocycles. The van der Waals surface area contributed by atoms with E-state index in [2.05, 4.69) is 23.1 Å². The minimum absolute atomic E-state index is 0.159. The standard InChI is InChI=1S/C19H15Cl2N5/c1-26-5-4-12-13(7-22)18(25)19(9-23,10-24)17(14(12)8-26)11-2-3-15(20)16(21)6-11/h2-4,6,13-14,17,25H,5,8H2,1H3/t13?,14-,17-/m0/s1. The van der Waals surface area contributed by atoms with E-state index in [4.69, 9.17) is 28.6 Å². The first-order valence-electron chi connectivity index (χ1n) is 8.04. The van der Waals surface area contributed by atoms with Crippen LogP contribution in [-0.2, 0) is 0 Å². The van der Waals surface area contributed by atoms with Crippen molar-refractivity contribution in [1.29, 1.82) is 21.2 Å². The molecule has 1 unspecified atom stereocenters. The highest BCUT2D eigenvalue weighted by Gasteiger charge is 2.57. The molecule has 2 aliphatic rings. The molecule has 0 radical (unpaired) electrons. The zero-order valence-electron chi connectivity index (χ0n) is 14.0. The van der Waals surface area contributed by atoms with Crippen LogP contribution in [0.25, 0.3) is 0 Å². The first kappa shape index (κ1) is 18.4. The molecule has 1 fully saturated rings. The Morgan fingerprint density at radius 1 is 1.19 bits per heavy atom. The van der Waals surface area contributed by atoms with Crippen molar-refractivity contribution in [3.63, 3.8) is 0 Å². The molecule has 0 aromatic heterocycles. The summed E-state index contributed by atoms with van der Waals surface area (Å²) in [5.74, 6) is -1.69. The zero-order chi connectivity index (χ0) is 19.1. The number of rotatable bonds is 1. The van der Waals surface area contributed by atoms with Crippen LogP contribution in [-0.4, -0.2) is 30.7 Å². The SMILES string of the molecule is CN1CC=C2C(C#N)C(=N)C(C#N)(C#N)[C@@H](c3ccc(Cl)c(Cl)c3)[C@H]2C1. The lowest BCUT2D eigenvalue weighted by molar-refractivity contribution is 0.235. The van der Waals surface area contributed by atoms with E-state index in [-0.39, 0.29) is 11.6 Å². The van der Waals surface area contributed by atoms with Gasteiger partial charge < -0.3 is 10.3 Å². The summed E-state index contributed by atoms with van der Waals surface area (Å²) in [4.78, 5) is 2.07. The number of nitrogens with zero attached hydrogens (tertiary/aromatic N) is 4. The van der Waals surface area contributed by atoms with Gasteiger partial charge in [0, 0.05) is 24.9 Å². The summed E-state index contributed by atoms with van der Waals surface area (Å²) in [6.07, 6.45) is 1.94. The van der Waals surface area contributed by atoms with Crippen LogP contribution in [0.15, 0.2) is 29.8 Å². The highest BCUT2D eigenvalue weighted by atomic mass is 35.5. The van der Waals surface area contributed by atoms with E-state index in [1.54, 1.807) is 18.2 Å². The van der Waals surface area contributed by atoms with Gasteiger partial charge in [-0.1, -0.05) is 35.3 Å². The molecule has 3 atom stereocenters. The third-order valence-electron chi connectivity index (χ3n) is 5.28. The molecule has 1 heterocycles. The molecule has 3 rings (SSSR count). The quantitative estimate of drug-likeness (QED) is 0.745. The van der Waals surface area contributed by atoms with Gasteiger partial charge in [-0.15, -0.1) is 0 Å². The first-order valence-corrected chi connectivity index (χ1v) is 8.79. The third kappa shape index (κ3) is 2.59. The topological polar surface area (TPSA) is 98.5 Å². The predicted octanol–water partition coefficient (Wildman–Crippen LogP) is 3.77. The van der Waals surface area contributed by atoms with Crippen LogP contribution in [0.3, 0.4) is 0 Å². The number of halogens is 2. The lowest BCUT2D eigenvalue weighted by Crippen LogP contribution is -2.52. The molecule has 26 heavy (non-hydrogen) atoms. The van der Waals surface area contributed by atoms with Gasteiger partial charge in [-0.05, 0) is 30.3 Å². The number of nitriles is 3. The smallest absolute Gasteiger partial charge is 0.189 e. The Morgan fingerprint density at radius 3 is 2.46 bits per heavy atom. The largest absolute Gasteiger partial charge is 0.305 e. The molecule has 1 aliphatic carbocycles. The first-order chi connectivity index (χ1) is 12.4. The van der Waals surface area contributed by atoms with Gasteiger partial charge in [0.25, 0.3) is 0 Å². The highest BCUT2D eigenvalue weighted by molar-refractivity contribution is 6.42. The second-order valence-corrected chi connectivity index (χ2v) is 7.50. The van der Waals surface area contributed by atoms with Crippen molar-refractivity contribution in [3.8, 4) is 18.2 Å². The number of benzene rings is 1. The minimum Gasteiger partial charge on any atom is -0.305 e. The second kappa shape index (κ2) is 6.75. The van der Waals surface area contributed by atoms with Gasteiger partial charge in [-0.2, -0.15) is 15.8 Å². The summed E-state index contributed by atoms with van der Waals surface area (Å²) in [5.41, 5.74) is -0.395. The second-order valence-electron chi connectivity index (χ2n) is 6.69. The summed E-state index contributed by atoms with van der Waals surface area (Å²) < 4.78 is 0. The molecule has 7 heteroatoms. The average molecular weight is 384 g/mol. The van der Waals surface area contributed by atoms with Crippen molar-refractivity contribution in [2.75, 3.05) is 20.1 Å². The zero-order valence-corrected chi connectivity index (χ0v) is 15.5. The number of hydrogen-bond donors (Lipinski definition) is 1. The van der Waals surface area contributed by atoms with Crippen LogP contribution in [0.1, 0.15) is 11.5 Å². The molecule has 1 aromatic rings. The summed E-state index contributed by atoms with van der Waals surface area (Å²) in [5, 5.41) is 38.7.